The molecule has 1 saturated carbocycles. The Kier molecular flexibility index (Phi) is 3.72. The largest absolute Gasteiger partial charge is 0.333 e. The van der Waals surface area contributed by atoms with Gasteiger partial charge in [-0.1, -0.05) is 43.4 Å². The van der Waals surface area contributed by atoms with Crippen molar-refractivity contribution < 1.29 is 19.2 Å². The van der Waals surface area contributed by atoms with E-state index < -0.39 is 17.8 Å². The quantitative estimate of drug-likeness (QED) is 0.805. The van der Waals surface area contributed by atoms with Gasteiger partial charge in [0.1, 0.15) is 0 Å². The molecule has 0 saturated heterocycles. The fourth-order valence-corrected chi connectivity index (χ4v) is 3.31. The van der Waals surface area contributed by atoms with Crippen molar-refractivity contribution >= 4 is 17.8 Å². The fraction of sp³-hybridized carbons (Fsp3) is 0.471. The Morgan fingerprint density at radius 3 is 2.18 bits per heavy atom. The van der Waals surface area contributed by atoms with Crippen molar-refractivity contribution in [1.29, 1.82) is 0 Å². The molecule has 2 amide bonds. The highest BCUT2D eigenvalue weighted by Gasteiger charge is 2.39. The molecule has 1 aromatic carbocycles. The van der Waals surface area contributed by atoms with Gasteiger partial charge in [0.15, 0.2) is 0 Å². The van der Waals surface area contributed by atoms with Gasteiger partial charge in [-0.15, -0.1) is 0 Å². The van der Waals surface area contributed by atoms with Gasteiger partial charge >= 0.3 is 5.97 Å². The number of hydrogen-bond donors (Lipinski definition) is 0. The van der Waals surface area contributed by atoms with Crippen LogP contribution in [0.2, 0.25) is 0 Å². The third-order valence-electron chi connectivity index (χ3n) is 4.58. The molecule has 0 aromatic heterocycles. The Labute approximate surface area is 129 Å². The summed E-state index contributed by atoms with van der Waals surface area (Å²) in [6.45, 7) is 2.07. The van der Waals surface area contributed by atoms with Crippen molar-refractivity contribution in [3.8, 4) is 0 Å². The second-order valence-corrected chi connectivity index (χ2v) is 6.46. The lowest BCUT2D eigenvalue weighted by Crippen LogP contribution is -2.35. The Hall–Kier alpha value is -2.17. The Bertz CT molecular complexity index is 596. The molecule has 1 aliphatic heterocycles. The lowest BCUT2D eigenvalue weighted by atomic mass is 9.73. The predicted molar refractivity (Wildman–Crippen MR) is 78.8 cm³/mol. The number of imide groups is 1. The van der Waals surface area contributed by atoms with Gasteiger partial charge in [-0.3, -0.25) is 9.59 Å². The van der Waals surface area contributed by atoms with Crippen LogP contribution in [0.4, 0.5) is 0 Å². The highest BCUT2D eigenvalue weighted by Crippen LogP contribution is 2.39. The molecule has 0 radical (unpaired) electrons. The van der Waals surface area contributed by atoms with Crippen LogP contribution in [-0.4, -0.2) is 22.8 Å². The maximum absolute atomic E-state index is 12.1. The minimum atomic E-state index is -0.567. The molecule has 0 spiro atoms. The maximum atomic E-state index is 12.1. The molecule has 22 heavy (non-hydrogen) atoms. The number of carbonyl (C=O) groups is 3. The maximum Gasteiger partial charge on any atom is 0.333 e. The Balaban J connectivity index is 1.68. The summed E-state index contributed by atoms with van der Waals surface area (Å²) in [5, 5.41) is 0.596. The minimum Gasteiger partial charge on any atom is -0.330 e. The van der Waals surface area contributed by atoms with Gasteiger partial charge in [0.05, 0.1) is 17.5 Å². The standard InChI is InChI=1S/C17H19NO4/c1-17(9-5-2-6-10-17)11-14(19)22-18-15(20)12-7-3-4-8-13(12)16(18)21/h3-4,7-8H,2,5-6,9-11H2,1H3. The van der Waals surface area contributed by atoms with Gasteiger partial charge in [-0.2, -0.15) is 0 Å². The summed E-state index contributed by atoms with van der Waals surface area (Å²) in [4.78, 5) is 41.5. The molecule has 5 nitrogen and oxygen atoms in total. The van der Waals surface area contributed by atoms with Crippen LogP contribution >= 0.6 is 0 Å². The molecule has 3 rings (SSSR count). The van der Waals surface area contributed by atoms with E-state index in [0.717, 1.165) is 25.7 Å². The Morgan fingerprint density at radius 2 is 1.64 bits per heavy atom. The molecular formula is C17H19NO4. The number of hydrogen-bond acceptors (Lipinski definition) is 4. The van der Waals surface area contributed by atoms with E-state index in [4.69, 9.17) is 4.84 Å². The van der Waals surface area contributed by atoms with Crippen LogP contribution in [0.3, 0.4) is 0 Å². The molecule has 1 aromatic rings. The van der Waals surface area contributed by atoms with Crippen molar-refractivity contribution in [3.05, 3.63) is 35.4 Å². The number of nitrogens with zero attached hydrogens (tertiary/aromatic N) is 1. The first-order valence-corrected chi connectivity index (χ1v) is 7.69. The summed E-state index contributed by atoms with van der Waals surface area (Å²) < 4.78 is 0. The summed E-state index contributed by atoms with van der Waals surface area (Å²) in [5.74, 6) is -1.65. The predicted octanol–water partition coefficient (Wildman–Crippen LogP) is 3.10. The first-order valence-electron chi connectivity index (χ1n) is 7.69. The normalized spacial score (nSPS) is 20.0. The summed E-state index contributed by atoms with van der Waals surface area (Å²) >= 11 is 0. The smallest absolute Gasteiger partial charge is 0.330 e. The van der Waals surface area contributed by atoms with Gasteiger partial charge in [0, 0.05) is 0 Å². The number of benzene rings is 1. The molecule has 1 heterocycles. The van der Waals surface area contributed by atoms with Crippen LogP contribution in [0.25, 0.3) is 0 Å². The topological polar surface area (TPSA) is 63.7 Å². The summed E-state index contributed by atoms with van der Waals surface area (Å²) in [6.07, 6.45) is 5.60. The zero-order valence-corrected chi connectivity index (χ0v) is 12.6. The second-order valence-electron chi connectivity index (χ2n) is 6.46. The number of fused-ring (bicyclic) bond motifs is 1. The molecule has 2 aliphatic rings. The van der Waals surface area contributed by atoms with Crippen molar-refractivity contribution in [1.82, 2.24) is 5.06 Å². The summed E-state index contributed by atoms with van der Waals surface area (Å²) in [5.41, 5.74) is 0.474. The van der Waals surface area contributed by atoms with Crippen LogP contribution < -0.4 is 0 Å². The fourth-order valence-electron chi connectivity index (χ4n) is 3.31. The number of carbonyl (C=O) groups excluding carboxylic acids is 3. The third kappa shape index (κ3) is 2.63. The van der Waals surface area contributed by atoms with E-state index in [1.54, 1.807) is 24.3 Å². The van der Waals surface area contributed by atoms with E-state index in [9.17, 15) is 14.4 Å². The molecule has 0 unspecified atom stereocenters. The van der Waals surface area contributed by atoms with Crippen LogP contribution in [0.1, 0.15) is 66.2 Å². The zero-order valence-electron chi connectivity index (χ0n) is 12.6. The van der Waals surface area contributed by atoms with Gasteiger partial charge in [0.25, 0.3) is 11.8 Å². The van der Waals surface area contributed by atoms with Gasteiger partial charge in [0.2, 0.25) is 0 Å². The minimum absolute atomic E-state index is 0.0893. The van der Waals surface area contributed by atoms with E-state index in [1.165, 1.54) is 6.42 Å². The first-order chi connectivity index (χ1) is 10.5. The zero-order chi connectivity index (χ0) is 15.7. The SMILES string of the molecule is CC1(CC(=O)ON2C(=O)c3ccccc3C2=O)CCCCC1. The van der Waals surface area contributed by atoms with Gasteiger partial charge in [-0.05, 0) is 30.4 Å². The van der Waals surface area contributed by atoms with Gasteiger partial charge < -0.3 is 4.84 Å². The van der Waals surface area contributed by atoms with Crippen molar-refractivity contribution in [2.24, 2.45) is 5.41 Å². The van der Waals surface area contributed by atoms with Crippen LogP contribution in [0.5, 0.6) is 0 Å². The molecule has 1 aliphatic carbocycles. The van der Waals surface area contributed by atoms with Crippen LogP contribution in [0, 0.1) is 5.41 Å². The lowest BCUT2D eigenvalue weighted by molar-refractivity contribution is -0.171. The van der Waals surface area contributed by atoms with Crippen molar-refractivity contribution in [3.63, 3.8) is 0 Å². The van der Waals surface area contributed by atoms with E-state index in [1.807, 2.05) is 0 Å². The molecule has 5 heteroatoms. The van der Waals surface area contributed by atoms with Crippen LogP contribution in [-0.2, 0) is 9.63 Å². The molecule has 1 fully saturated rings. The highest BCUT2D eigenvalue weighted by molar-refractivity contribution is 6.20. The summed E-state index contributed by atoms with van der Waals surface area (Å²) in [6, 6.07) is 6.48. The van der Waals surface area contributed by atoms with Crippen LogP contribution in [0.15, 0.2) is 24.3 Å². The lowest BCUT2D eigenvalue weighted by Gasteiger charge is -2.32. The molecule has 0 N–H and O–H groups in total. The van der Waals surface area contributed by atoms with E-state index in [0.29, 0.717) is 5.06 Å². The molecular weight excluding hydrogens is 282 g/mol. The van der Waals surface area contributed by atoms with Gasteiger partial charge in [-0.25, -0.2) is 4.79 Å². The summed E-state index contributed by atoms with van der Waals surface area (Å²) in [7, 11) is 0. The molecule has 116 valence electrons. The number of hydroxylamine groups is 2. The number of amides is 2. The monoisotopic (exact) mass is 301 g/mol. The van der Waals surface area contributed by atoms with E-state index >= 15 is 0 Å². The molecule has 0 bridgehead atoms. The third-order valence-corrected chi connectivity index (χ3v) is 4.58. The van der Waals surface area contributed by atoms with E-state index in [2.05, 4.69) is 6.92 Å². The average Bonchev–Trinajstić information content (AvgIpc) is 2.73. The number of rotatable bonds is 3. The van der Waals surface area contributed by atoms with E-state index in [-0.39, 0.29) is 23.0 Å². The molecule has 0 atom stereocenters. The van der Waals surface area contributed by atoms with Crippen molar-refractivity contribution in [2.75, 3.05) is 0 Å². The highest BCUT2D eigenvalue weighted by atomic mass is 16.7. The second kappa shape index (κ2) is 5.55. The Morgan fingerprint density at radius 1 is 1.09 bits per heavy atom. The first kappa shape index (κ1) is 14.8. The van der Waals surface area contributed by atoms with Crippen molar-refractivity contribution in [2.45, 2.75) is 45.4 Å². The average molecular weight is 301 g/mol.